The summed E-state index contributed by atoms with van der Waals surface area (Å²) in [6, 6.07) is 10.1. The molecule has 1 unspecified atom stereocenters. The van der Waals surface area contributed by atoms with Gasteiger partial charge < -0.3 is 10.6 Å². The van der Waals surface area contributed by atoms with E-state index in [-0.39, 0.29) is 17.9 Å². The quantitative estimate of drug-likeness (QED) is 0.897. The molecule has 0 aliphatic carbocycles. The van der Waals surface area contributed by atoms with Crippen LogP contribution in [-0.4, -0.2) is 47.9 Å². The van der Waals surface area contributed by atoms with Crippen molar-refractivity contribution in [3.63, 3.8) is 0 Å². The first-order valence-corrected chi connectivity index (χ1v) is 7.92. The predicted molar refractivity (Wildman–Crippen MR) is 85.7 cm³/mol. The maximum absolute atomic E-state index is 12.3. The summed E-state index contributed by atoms with van der Waals surface area (Å²) in [5.74, 6) is 0.364. The van der Waals surface area contributed by atoms with E-state index in [9.17, 15) is 4.79 Å². The summed E-state index contributed by atoms with van der Waals surface area (Å²) in [6.07, 6.45) is 0.945. The monoisotopic (exact) mass is 289 g/mol. The molecule has 4 nitrogen and oxygen atoms in total. The minimum absolute atomic E-state index is 0.115. The largest absolute Gasteiger partial charge is 0.339 e. The van der Waals surface area contributed by atoms with Gasteiger partial charge in [-0.1, -0.05) is 50.6 Å². The van der Waals surface area contributed by atoms with E-state index < -0.39 is 0 Å². The molecule has 2 N–H and O–H groups in total. The number of hydrogen-bond acceptors (Lipinski definition) is 3. The van der Waals surface area contributed by atoms with Crippen LogP contribution < -0.4 is 5.73 Å². The lowest BCUT2D eigenvalue weighted by Gasteiger charge is -2.36. The molecule has 1 aliphatic heterocycles. The van der Waals surface area contributed by atoms with Crippen LogP contribution in [0.5, 0.6) is 0 Å². The van der Waals surface area contributed by atoms with Gasteiger partial charge in [0.15, 0.2) is 0 Å². The molecule has 0 radical (unpaired) electrons. The number of nitrogens with zero attached hydrogens (tertiary/aromatic N) is 2. The fourth-order valence-corrected chi connectivity index (χ4v) is 2.68. The van der Waals surface area contributed by atoms with Crippen LogP contribution in [0.3, 0.4) is 0 Å². The maximum Gasteiger partial charge on any atom is 0.239 e. The van der Waals surface area contributed by atoms with E-state index in [0.717, 1.165) is 39.1 Å². The van der Waals surface area contributed by atoms with Crippen LogP contribution in [0.15, 0.2) is 30.3 Å². The standard InChI is InChI=1S/C17H27N3O/c1-3-14(2)16(18)17(21)20-11-9-19(10-12-20)13-15-7-5-4-6-8-15/h4-8,14,16H,3,9-13,18H2,1-2H3/t14?,16-/m1/s1. The number of piperazine rings is 1. The molecular weight excluding hydrogens is 262 g/mol. The van der Waals surface area contributed by atoms with Crippen molar-refractivity contribution in [2.24, 2.45) is 11.7 Å². The molecule has 0 bridgehead atoms. The van der Waals surface area contributed by atoms with Crippen LogP contribution in [0, 0.1) is 5.92 Å². The van der Waals surface area contributed by atoms with Gasteiger partial charge in [-0.15, -0.1) is 0 Å². The topological polar surface area (TPSA) is 49.6 Å². The molecule has 1 aromatic carbocycles. The highest BCUT2D eigenvalue weighted by molar-refractivity contribution is 5.82. The van der Waals surface area contributed by atoms with Crippen LogP contribution in [0.2, 0.25) is 0 Å². The Hall–Kier alpha value is -1.39. The van der Waals surface area contributed by atoms with E-state index in [2.05, 4.69) is 36.1 Å². The van der Waals surface area contributed by atoms with Gasteiger partial charge in [0.25, 0.3) is 0 Å². The van der Waals surface area contributed by atoms with Crippen LogP contribution in [0.4, 0.5) is 0 Å². The molecular formula is C17H27N3O. The van der Waals surface area contributed by atoms with E-state index in [4.69, 9.17) is 5.73 Å². The van der Waals surface area contributed by atoms with Gasteiger partial charge in [-0.3, -0.25) is 9.69 Å². The minimum atomic E-state index is -0.351. The second-order valence-electron chi connectivity index (χ2n) is 6.00. The second-order valence-corrected chi connectivity index (χ2v) is 6.00. The molecule has 2 rings (SSSR count). The Labute approximate surface area is 127 Å². The van der Waals surface area contributed by atoms with Crippen LogP contribution in [-0.2, 0) is 11.3 Å². The van der Waals surface area contributed by atoms with Crippen molar-refractivity contribution in [2.75, 3.05) is 26.2 Å². The maximum atomic E-state index is 12.3. The Morgan fingerprint density at radius 1 is 1.19 bits per heavy atom. The van der Waals surface area contributed by atoms with Gasteiger partial charge in [0, 0.05) is 32.7 Å². The van der Waals surface area contributed by atoms with Gasteiger partial charge in [-0.05, 0) is 11.5 Å². The molecule has 21 heavy (non-hydrogen) atoms. The average molecular weight is 289 g/mol. The molecule has 2 atom stereocenters. The van der Waals surface area contributed by atoms with Crippen LogP contribution in [0.1, 0.15) is 25.8 Å². The van der Waals surface area contributed by atoms with Gasteiger partial charge >= 0.3 is 0 Å². The number of rotatable bonds is 5. The summed E-state index contributed by atoms with van der Waals surface area (Å²) in [7, 11) is 0. The van der Waals surface area contributed by atoms with Gasteiger partial charge in [-0.25, -0.2) is 0 Å². The SMILES string of the molecule is CCC(C)[C@@H](N)C(=O)N1CCN(Cc2ccccc2)CC1. The Morgan fingerprint density at radius 3 is 2.38 bits per heavy atom. The predicted octanol–water partition coefficient (Wildman–Crippen LogP) is 1.70. The number of nitrogens with two attached hydrogens (primary N) is 1. The number of carbonyl (C=O) groups excluding carboxylic acids is 1. The van der Waals surface area contributed by atoms with Crippen molar-refractivity contribution in [3.05, 3.63) is 35.9 Å². The molecule has 4 heteroatoms. The summed E-state index contributed by atoms with van der Waals surface area (Å²) in [5, 5.41) is 0. The van der Waals surface area contributed by atoms with Crippen LogP contribution >= 0.6 is 0 Å². The highest BCUT2D eigenvalue weighted by Gasteiger charge is 2.27. The third-order valence-electron chi connectivity index (χ3n) is 4.48. The first kappa shape index (κ1) is 16.0. The minimum Gasteiger partial charge on any atom is -0.339 e. The zero-order valence-corrected chi connectivity index (χ0v) is 13.2. The van der Waals surface area contributed by atoms with E-state index in [1.54, 1.807) is 0 Å². The van der Waals surface area contributed by atoms with Gasteiger partial charge in [0.1, 0.15) is 0 Å². The molecule has 1 amide bonds. The zero-order chi connectivity index (χ0) is 15.2. The third-order valence-corrected chi connectivity index (χ3v) is 4.48. The first-order valence-electron chi connectivity index (χ1n) is 7.92. The molecule has 1 fully saturated rings. The van der Waals surface area contributed by atoms with E-state index in [1.165, 1.54) is 5.56 Å². The highest BCUT2D eigenvalue weighted by atomic mass is 16.2. The van der Waals surface area contributed by atoms with Gasteiger partial charge in [0.05, 0.1) is 6.04 Å². The van der Waals surface area contributed by atoms with Gasteiger partial charge in [-0.2, -0.15) is 0 Å². The fraction of sp³-hybridized carbons (Fsp3) is 0.588. The smallest absolute Gasteiger partial charge is 0.239 e. The lowest BCUT2D eigenvalue weighted by molar-refractivity contribution is -0.135. The van der Waals surface area contributed by atoms with Crippen LogP contribution in [0.25, 0.3) is 0 Å². The number of amides is 1. The van der Waals surface area contributed by atoms with Crippen molar-refractivity contribution in [1.29, 1.82) is 0 Å². The lowest BCUT2D eigenvalue weighted by Crippen LogP contribution is -2.54. The number of carbonyl (C=O) groups is 1. The third kappa shape index (κ3) is 4.29. The normalized spacial score (nSPS) is 19.3. The summed E-state index contributed by atoms with van der Waals surface area (Å²) in [6.45, 7) is 8.51. The fourth-order valence-electron chi connectivity index (χ4n) is 2.68. The molecule has 1 saturated heterocycles. The Morgan fingerprint density at radius 2 is 1.81 bits per heavy atom. The van der Waals surface area contributed by atoms with E-state index in [1.807, 2.05) is 17.9 Å². The highest BCUT2D eigenvalue weighted by Crippen LogP contribution is 2.12. The molecule has 116 valence electrons. The molecule has 1 aromatic rings. The Balaban J connectivity index is 1.81. The zero-order valence-electron chi connectivity index (χ0n) is 13.2. The average Bonchev–Trinajstić information content (AvgIpc) is 2.54. The van der Waals surface area contributed by atoms with E-state index in [0.29, 0.717) is 0 Å². The van der Waals surface area contributed by atoms with E-state index >= 15 is 0 Å². The lowest BCUT2D eigenvalue weighted by atomic mass is 9.98. The number of hydrogen-bond donors (Lipinski definition) is 1. The second kappa shape index (κ2) is 7.57. The van der Waals surface area contributed by atoms with Crippen molar-refractivity contribution in [3.8, 4) is 0 Å². The van der Waals surface area contributed by atoms with Crippen molar-refractivity contribution in [1.82, 2.24) is 9.80 Å². The van der Waals surface area contributed by atoms with Crippen molar-refractivity contribution >= 4 is 5.91 Å². The molecule has 1 heterocycles. The Bertz CT molecular complexity index is 441. The Kier molecular flexibility index (Phi) is 5.76. The summed E-state index contributed by atoms with van der Waals surface area (Å²) in [5.41, 5.74) is 7.38. The van der Waals surface area contributed by atoms with Gasteiger partial charge in [0.2, 0.25) is 5.91 Å². The number of benzene rings is 1. The summed E-state index contributed by atoms with van der Waals surface area (Å²) in [4.78, 5) is 16.7. The molecule has 0 spiro atoms. The summed E-state index contributed by atoms with van der Waals surface area (Å²) >= 11 is 0. The molecule has 0 aromatic heterocycles. The molecule has 1 aliphatic rings. The van der Waals surface area contributed by atoms with Crippen molar-refractivity contribution in [2.45, 2.75) is 32.9 Å². The molecule has 0 saturated carbocycles. The first-order chi connectivity index (χ1) is 10.1. The summed E-state index contributed by atoms with van der Waals surface area (Å²) < 4.78 is 0. The van der Waals surface area contributed by atoms with Crippen molar-refractivity contribution < 1.29 is 4.79 Å².